The van der Waals surface area contributed by atoms with Gasteiger partial charge in [-0.05, 0) is 34.5 Å². The zero-order chi connectivity index (χ0) is 13.1. The molecular formula is C13H18BrFN2O. The summed E-state index contributed by atoms with van der Waals surface area (Å²) in [5.41, 5.74) is 1.74. The third-order valence-corrected chi connectivity index (χ3v) is 4.10. The fourth-order valence-electron chi connectivity index (χ4n) is 2.32. The summed E-state index contributed by atoms with van der Waals surface area (Å²) >= 11 is 3.34. The number of rotatable bonds is 3. The van der Waals surface area contributed by atoms with Gasteiger partial charge in [0.25, 0.3) is 0 Å². The predicted molar refractivity (Wildman–Crippen MR) is 73.5 cm³/mol. The number of nitrogens with zero attached hydrogens (tertiary/aromatic N) is 1. The average Bonchev–Trinajstić information content (AvgIpc) is 2.37. The highest BCUT2D eigenvalue weighted by Gasteiger charge is 2.19. The molecule has 0 aromatic heterocycles. The van der Waals surface area contributed by atoms with Gasteiger partial charge >= 0.3 is 0 Å². The van der Waals surface area contributed by atoms with Gasteiger partial charge in [-0.1, -0.05) is 0 Å². The molecule has 0 unspecified atom stereocenters. The zero-order valence-corrected chi connectivity index (χ0v) is 12.3. The molecule has 0 spiro atoms. The molecule has 100 valence electrons. The van der Waals surface area contributed by atoms with E-state index in [1.54, 1.807) is 7.11 Å². The number of halogens is 2. The third-order valence-electron chi connectivity index (χ3n) is 3.25. The van der Waals surface area contributed by atoms with E-state index in [-0.39, 0.29) is 5.82 Å². The summed E-state index contributed by atoms with van der Waals surface area (Å²) in [6, 6.07) is 1.50. The number of methoxy groups -OCH3 is 1. The van der Waals surface area contributed by atoms with Crippen molar-refractivity contribution in [1.82, 2.24) is 10.2 Å². The lowest BCUT2D eigenvalue weighted by molar-refractivity contribution is 0.229. The van der Waals surface area contributed by atoms with Gasteiger partial charge in [-0.15, -0.1) is 0 Å². The summed E-state index contributed by atoms with van der Waals surface area (Å²) < 4.78 is 19.7. The summed E-state index contributed by atoms with van der Waals surface area (Å²) in [5, 5.41) is 3.31. The lowest BCUT2D eigenvalue weighted by atomic mass is 10.1. The Morgan fingerprint density at radius 1 is 1.44 bits per heavy atom. The molecule has 0 saturated carbocycles. The van der Waals surface area contributed by atoms with Crippen LogP contribution in [0.1, 0.15) is 11.1 Å². The van der Waals surface area contributed by atoms with E-state index in [0.717, 1.165) is 43.1 Å². The van der Waals surface area contributed by atoms with E-state index >= 15 is 0 Å². The largest absolute Gasteiger partial charge is 0.496 e. The van der Waals surface area contributed by atoms with Crippen molar-refractivity contribution in [1.29, 1.82) is 0 Å². The Bertz CT molecular complexity index is 433. The van der Waals surface area contributed by atoms with E-state index in [2.05, 4.69) is 26.1 Å². The Hall–Kier alpha value is -0.650. The van der Waals surface area contributed by atoms with Crippen molar-refractivity contribution in [3.05, 3.63) is 27.5 Å². The second-order valence-corrected chi connectivity index (χ2v) is 5.32. The van der Waals surface area contributed by atoms with Crippen LogP contribution >= 0.6 is 15.9 Å². The second-order valence-electron chi connectivity index (χ2n) is 4.53. The van der Waals surface area contributed by atoms with Crippen molar-refractivity contribution < 1.29 is 9.13 Å². The standard InChI is InChI=1S/C13H18BrFN2O/c1-9-7-11(15)12(14)10(13(9)18-2)8-17-5-3-16-4-6-17/h7,16H,3-6,8H2,1-2H3. The maximum Gasteiger partial charge on any atom is 0.138 e. The van der Waals surface area contributed by atoms with E-state index in [1.165, 1.54) is 6.07 Å². The highest BCUT2D eigenvalue weighted by Crippen LogP contribution is 2.33. The van der Waals surface area contributed by atoms with Crippen LogP contribution in [0.15, 0.2) is 10.5 Å². The quantitative estimate of drug-likeness (QED) is 0.926. The summed E-state index contributed by atoms with van der Waals surface area (Å²) in [4.78, 5) is 2.30. The molecule has 5 heteroatoms. The minimum atomic E-state index is -0.224. The van der Waals surface area contributed by atoms with Crippen molar-refractivity contribution in [3.63, 3.8) is 0 Å². The molecule has 1 heterocycles. The van der Waals surface area contributed by atoms with Gasteiger partial charge in [0.05, 0.1) is 11.6 Å². The highest BCUT2D eigenvalue weighted by molar-refractivity contribution is 9.10. The van der Waals surface area contributed by atoms with Gasteiger partial charge in [-0.2, -0.15) is 0 Å². The SMILES string of the molecule is COc1c(C)cc(F)c(Br)c1CN1CCNCC1. The van der Waals surface area contributed by atoms with Crippen LogP contribution in [0, 0.1) is 12.7 Å². The summed E-state index contributed by atoms with van der Waals surface area (Å²) in [6.45, 7) is 6.50. The van der Waals surface area contributed by atoms with Crippen molar-refractivity contribution in [2.75, 3.05) is 33.3 Å². The van der Waals surface area contributed by atoms with E-state index in [0.29, 0.717) is 11.0 Å². The number of ether oxygens (including phenoxy) is 1. The van der Waals surface area contributed by atoms with Crippen LogP contribution in [0.5, 0.6) is 5.75 Å². The van der Waals surface area contributed by atoms with E-state index in [4.69, 9.17) is 4.74 Å². The first kappa shape index (κ1) is 13.8. The first-order valence-electron chi connectivity index (χ1n) is 6.08. The minimum Gasteiger partial charge on any atom is -0.496 e. The molecule has 1 aliphatic heterocycles. The maximum atomic E-state index is 13.8. The zero-order valence-electron chi connectivity index (χ0n) is 10.7. The molecule has 1 saturated heterocycles. The minimum absolute atomic E-state index is 0.224. The summed E-state index contributed by atoms with van der Waals surface area (Å²) in [7, 11) is 1.63. The number of hydrogen-bond acceptors (Lipinski definition) is 3. The fourth-order valence-corrected chi connectivity index (χ4v) is 2.74. The maximum absolute atomic E-state index is 13.8. The van der Waals surface area contributed by atoms with Crippen LogP contribution in [0.4, 0.5) is 4.39 Å². The molecule has 1 N–H and O–H groups in total. The van der Waals surface area contributed by atoms with Crippen LogP contribution in [0.2, 0.25) is 0 Å². The van der Waals surface area contributed by atoms with Gasteiger partial charge in [-0.3, -0.25) is 4.90 Å². The molecule has 18 heavy (non-hydrogen) atoms. The monoisotopic (exact) mass is 316 g/mol. The van der Waals surface area contributed by atoms with Crippen LogP contribution < -0.4 is 10.1 Å². The molecule has 0 bridgehead atoms. The number of piperazine rings is 1. The predicted octanol–water partition coefficient (Wildman–Crippen LogP) is 2.31. The molecule has 0 radical (unpaired) electrons. The lowest BCUT2D eigenvalue weighted by Gasteiger charge is -2.28. The van der Waals surface area contributed by atoms with Crippen molar-refractivity contribution in [2.45, 2.75) is 13.5 Å². The first-order chi connectivity index (χ1) is 8.63. The summed E-state index contributed by atoms with van der Waals surface area (Å²) in [6.07, 6.45) is 0. The van der Waals surface area contributed by atoms with Gasteiger partial charge in [-0.25, -0.2) is 4.39 Å². The second kappa shape index (κ2) is 5.99. The van der Waals surface area contributed by atoms with Crippen molar-refractivity contribution >= 4 is 15.9 Å². The summed E-state index contributed by atoms with van der Waals surface area (Å²) in [5.74, 6) is 0.556. The van der Waals surface area contributed by atoms with Crippen molar-refractivity contribution in [2.24, 2.45) is 0 Å². The van der Waals surface area contributed by atoms with Gasteiger partial charge in [0, 0.05) is 38.3 Å². The number of benzene rings is 1. The first-order valence-corrected chi connectivity index (χ1v) is 6.87. The Morgan fingerprint density at radius 3 is 2.72 bits per heavy atom. The number of aryl methyl sites for hydroxylation is 1. The van der Waals surface area contributed by atoms with Crippen LogP contribution in [0.25, 0.3) is 0 Å². The average molecular weight is 317 g/mol. The van der Waals surface area contributed by atoms with Gasteiger partial charge < -0.3 is 10.1 Å². The smallest absolute Gasteiger partial charge is 0.138 e. The Labute approximate surface area is 115 Å². The van der Waals surface area contributed by atoms with Gasteiger partial charge in [0.2, 0.25) is 0 Å². The molecule has 0 aliphatic carbocycles. The van der Waals surface area contributed by atoms with E-state index in [9.17, 15) is 4.39 Å². The topological polar surface area (TPSA) is 24.5 Å². The Kier molecular flexibility index (Phi) is 4.59. The molecule has 1 aromatic carbocycles. The molecule has 2 rings (SSSR count). The molecule has 0 amide bonds. The number of nitrogens with one attached hydrogen (secondary N) is 1. The highest BCUT2D eigenvalue weighted by atomic mass is 79.9. The molecule has 1 fully saturated rings. The molecular weight excluding hydrogens is 299 g/mol. The van der Waals surface area contributed by atoms with Crippen LogP contribution in [0.3, 0.4) is 0 Å². The van der Waals surface area contributed by atoms with Crippen LogP contribution in [-0.4, -0.2) is 38.2 Å². The normalized spacial score (nSPS) is 16.9. The third kappa shape index (κ3) is 2.84. The Balaban J connectivity index is 2.29. The molecule has 1 aromatic rings. The molecule has 3 nitrogen and oxygen atoms in total. The van der Waals surface area contributed by atoms with E-state index < -0.39 is 0 Å². The molecule has 0 atom stereocenters. The molecule has 1 aliphatic rings. The van der Waals surface area contributed by atoms with E-state index in [1.807, 2.05) is 6.92 Å². The van der Waals surface area contributed by atoms with Gasteiger partial charge in [0.1, 0.15) is 11.6 Å². The van der Waals surface area contributed by atoms with Crippen molar-refractivity contribution in [3.8, 4) is 5.75 Å². The van der Waals surface area contributed by atoms with Crippen LogP contribution in [-0.2, 0) is 6.54 Å². The Morgan fingerprint density at radius 2 is 2.11 bits per heavy atom. The number of hydrogen-bond donors (Lipinski definition) is 1. The lowest BCUT2D eigenvalue weighted by Crippen LogP contribution is -2.43. The fraction of sp³-hybridized carbons (Fsp3) is 0.538. The van der Waals surface area contributed by atoms with Gasteiger partial charge in [0.15, 0.2) is 0 Å².